The predicted molar refractivity (Wildman–Crippen MR) is 84.3 cm³/mol. The van der Waals surface area contributed by atoms with Gasteiger partial charge < -0.3 is 10.4 Å². The second kappa shape index (κ2) is 5.74. The zero-order chi connectivity index (χ0) is 15.9. The van der Waals surface area contributed by atoms with Crippen molar-refractivity contribution in [2.45, 2.75) is 43.6 Å². The normalized spacial score (nSPS) is 25.2. The first-order valence-electron chi connectivity index (χ1n) is 7.39. The maximum Gasteiger partial charge on any atom is 0.305 e. The summed E-state index contributed by atoms with van der Waals surface area (Å²) in [5.41, 5.74) is 0.395. The van der Waals surface area contributed by atoms with Gasteiger partial charge in [0.2, 0.25) is 5.91 Å². The number of hydrogen-bond acceptors (Lipinski definition) is 2. The molecule has 0 saturated heterocycles. The van der Waals surface area contributed by atoms with E-state index in [9.17, 15) is 9.59 Å². The predicted octanol–water partition coefficient (Wildman–Crippen LogP) is 3.61. The van der Waals surface area contributed by atoms with Gasteiger partial charge in [0.05, 0.1) is 12.0 Å². The average Bonchev–Trinajstić information content (AvgIpc) is 3.15. The number of hydrogen-bond donors (Lipinski definition) is 2. The summed E-state index contributed by atoms with van der Waals surface area (Å²) in [6.45, 7) is 0. The minimum absolute atomic E-state index is 0.00216. The van der Waals surface area contributed by atoms with Gasteiger partial charge in [-0.25, -0.2) is 0 Å². The van der Waals surface area contributed by atoms with Gasteiger partial charge >= 0.3 is 5.97 Å². The molecule has 118 valence electrons. The summed E-state index contributed by atoms with van der Waals surface area (Å²) in [6.07, 6.45) is 3.19. The van der Waals surface area contributed by atoms with Gasteiger partial charge in [0, 0.05) is 16.0 Å². The first-order chi connectivity index (χ1) is 10.4. The van der Waals surface area contributed by atoms with Crippen molar-refractivity contribution in [2.24, 2.45) is 5.92 Å². The van der Waals surface area contributed by atoms with Crippen molar-refractivity contribution < 1.29 is 14.7 Å². The Morgan fingerprint density at radius 3 is 2.59 bits per heavy atom. The van der Waals surface area contributed by atoms with Gasteiger partial charge in [-0.05, 0) is 49.3 Å². The molecule has 2 aliphatic carbocycles. The number of rotatable bonds is 5. The van der Waals surface area contributed by atoms with E-state index in [0.717, 1.165) is 31.2 Å². The lowest BCUT2D eigenvalue weighted by Crippen LogP contribution is -2.55. The van der Waals surface area contributed by atoms with Gasteiger partial charge in [0.15, 0.2) is 0 Å². The Hall–Kier alpha value is -1.26. The molecule has 2 N–H and O–H groups in total. The van der Waals surface area contributed by atoms with Crippen molar-refractivity contribution in [3.05, 3.63) is 33.8 Å². The smallest absolute Gasteiger partial charge is 0.305 e. The highest BCUT2D eigenvalue weighted by atomic mass is 35.5. The highest BCUT2D eigenvalue weighted by Gasteiger charge is 2.48. The molecular formula is C16H17Cl2NO3. The molecule has 0 radical (unpaired) electrons. The standard InChI is InChI=1S/C16H17Cl2NO3/c17-9-2-3-10(13(18)6-9)11-7-12(11)15(22)19-16(4-1-5-16)8-14(20)21/h2-3,6,11-12H,1,4-5,7-8H2,(H,19,22)(H,20,21). The van der Waals surface area contributed by atoms with Crippen LogP contribution in [0.25, 0.3) is 0 Å². The molecule has 1 amide bonds. The molecule has 22 heavy (non-hydrogen) atoms. The molecule has 0 aromatic heterocycles. The van der Waals surface area contributed by atoms with E-state index in [1.165, 1.54) is 0 Å². The molecule has 0 aliphatic heterocycles. The van der Waals surface area contributed by atoms with E-state index in [0.29, 0.717) is 10.0 Å². The van der Waals surface area contributed by atoms with Crippen molar-refractivity contribution in [3.63, 3.8) is 0 Å². The zero-order valence-electron chi connectivity index (χ0n) is 11.9. The minimum Gasteiger partial charge on any atom is -0.481 e. The van der Waals surface area contributed by atoms with Crippen molar-refractivity contribution in [2.75, 3.05) is 0 Å². The number of halogens is 2. The lowest BCUT2D eigenvalue weighted by Gasteiger charge is -2.41. The molecule has 2 atom stereocenters. The van der Waals surface area contributed by atoms with Crippen LogP contribution in [0, 0.1) is 5.92 Å². The van der Waals surface area contributed by atoms with Crippen LogP contribution < -0.4 is 5.32 Å². The zero-order valence-corrected chi connectivity index (χ0v) is 13.5. The molecule has 2 aliphatic rings. The number of carbonyl (C=O) groups is 2. The fraction of sp³-hybridized carbons (Fsp3) is 0.500. The van der Waals surface area contributed by atoms with Gasteiger partial charge in [0.1, 0.15) is 0 Å². The van der Waals surface area contributed by atoms with Crippen LogP contribution in [0.4, 0.5) is 0 Å². The minimum atomic E-state index is -0.868. The summed E-state index contributed by atoms with van der Waals surface area (Å²) in [4.78, 5) is 23.3. The Morgan fingerprint density at radius 2 is 2.05 bits per heavy atom. The molecule has 2 unspecified atom stereocenters. The highest BCUT2D eigenvalue weighted by Crippen LogP contribution is 2.50. The first kappa shape index (κ1) is 15.6. The molecule has 1 aromatic rings. The van der Waals surface area contributed by atoms with Crippen molar-refractivity contribution in [1.82, 2.24) is 5.32 Å². The number of nitrogens with one attached hydrogen (secondary N) is 1. The van der Waals surface area contributed by atoms with Crippen LogP contribution in [0.3, 0.4) is 0 Å². The van der Waals surface area contributed by atoms with Crippen LogP contribution in [0.2, 0.25) is 10.0 Å². The van der Waals surface area contributed by atoms with E-state index >= 15 is 0 Å². The summed E-state index contributed by atoms with van der Waals surface area (Å²) in [7, 11) is 0. The van der Waals surface area contributed by atoms with Gasteiger partial charge in [-0.1, -0.05) is 29.3 Å². The fourth-order valence-electron chi connectivity index (χ4n) is 3.22. The third-order valence-corrected chi connectivity index (χ3v) is 5.24. The third kappa shape index (κ3) is 3.08. The second-order valence-electron chi connectivity index (χ2n) is 6.31. The summed E-state index contributed by atoms with van der Waals surface area (Å²) in [5, 5.41) is 13.1. The number of carboxylic acid groups (broad SMARTS) is 1. The lowest BCUT2D eigenvalue weighted by atomic mass is 9.74. The van der Waals surface area contributed by atoms with E-state index < -0.39 is 11.5 Å². The molecule has 2 fully saturated rings. The van der Waals surface area contributed by atoms with Crippen LogP contribution in [0.5, 0.6) is 0 Å². The number of benzene rings is 1. The molecule has 0 heterocycles. The molecule has 4 nitrogen and oxygen atoms in total. The molecule has 1 aromatic carbocycles. The van der Waals surface area contributed by atoms with Crippen molar-refractivity contribution in [3.8, 4) is 0 Å². The van der Waals surface area contributed by atoms with E-state index in [-0.39, 0.29) is 24.2 Å². The molecule has 3 rings (SSSR count). The van der Waals surface area contributed by atoms with Gasteiger partial charge in [-0.15, -0.1) is 0 Å². The largest absolute Gasteiger partial charge is 0.481 e. The van der Waals surface area contributed by atoms with Gasteiger partial charge in [-0.2, -0.15) is 0 Å². The average molecular weight is 342 g/mol. The van der Waals surface area contributed by atoms with E-state index in [4.69, 9.17) is 28.3 Å². The Kier molecular flexibility index (Phi) is 4.08. The number of aliphatic carboxylic acids is 1. The fourth-order valence-corrected chi connectivity index (χ4v) is 3.77. The van der Waals surface area contributed by atoms with Crippen LogP contribution in [-0.2, 0) is 9.59 Å². The van der Waals surface area contributed by atoms with E-state index in [1.54, 1.807) is 12.1 Å². The Labute approximate surface area is 138 Å². The monoisotopic (exact) mass is 341 g/mol. The molecular weight excluding hydrogens is 325 g/mol. The Balaban J connectivity index is 1.64. The summed E-state index contributed by atoms with van der Waals surface area (Å²) in [6, 6.07) is 5.32. The Morgan fingerprint density at radius 1 is 1.32 bits per heavy atom. The van der Waals surface area contributed by atoms with E-state index in [1.807, 2.05) is 6.07 Å². The molecule has 0 spiro atoms. The van der Waals surface area contributed by atoms with Gasteiger partial charge in [-0.3, -0.25) is 9.59 Å². The summed E-state index contributed by atoms with van der Waals surface area (Å²) in [5.74, 6) is -0.943. The Bertz CT molecular complexity index is 628. The van der Waals surface area contributed by atoms with Crippen LogP contribution in [0.1, 0.15) is 43.6 Å². The van der Waals surface area contributed by atoms with Crippen molar-refractivity contribution >= 4 is 35.1 Å². The topological polar surface area (TPSA) is 66.4 Å². The van der Waals surface area contributed by atoms with Crippen LogP contribution in [0.15, 0.2) is 18.2 Å². The first-order valence-corrected chi connectivity index (χ1v) is 8.15. The van der Waals surface area contributed by atoms with Crippen LogP contribution >= 0.6 is 23.2 Å². The van der Waals surface area contributed by atoms with Crippen molar-refractivity contribution in [1.29, 1.82) is 0 Å². The van der Waals surface area contributed by atoms with Crippen LogP contribution in [-0.4, -0.2) is 22.5 Å². The summed E-state index contributed by atoms with van der Waals surface area (Å²) < 4.78 is 0. The summed E-state index contributed by atoms with van der Waals surface area (Å²) >= 11 is 12.1. The maximum atomic E-state index is 12.4. The molecule has 0 bridgehead atoms. The quantitative estimate of drug-likeness (QED) is 0.859. The SMILES string of the molecule is O=C(O)CC1(NC(=O)C2CC2c2ccc(Cl)cc2Cl)CCC1. The molecule has 2 saturated carbocycles. The molecule has 6 heteroatoms. The third-order valence-electron chi connectivity index (χ3n) is 4.68. The number of carbonyl (C=O) groups excluding carboxylic acids is 1. The second-order valence-corrected chi connectivity index (χ2v) is 7.15. The number of carboxylic acids is 1. The van der Waals surface area contributed by atoms with Gasteiger partial charge in [0.25, 0.3) is 0 Å². The van der Waals surface area contributed by atoms with E-state index in [2.05, 4.69) is 5.32 Å². The number of amides is 1. The lowest BCUT2D eigenvalue weighted by molar-refractivity contribution is -0.140. The highest BCUT2D eigenvalue weighted by molar-refractivity contribution is 6.35. The maximum absolute atomic E-state index is 12.4.